The van der Waals surface area contributed by atoms with E-state index in [1.165, 1.54) is 6.92 Å². The molecule has 0 amide bonds. The van der Waals surface area contributed by atoms with E-state index in [1.54, 1.807) is 6.92 Å². The number of ketones is 2. The molecule has 4 nitrogen and oxygen atoms in total. The Morgan fingerprint density at radius 3 is 2.45 bits per heavy atom. The Labute approximate surface area is 177 Å². The first-order valence-electron chi connectivity index (χ1n) is 10.9. The van der Waals surface area contributed by atoms with Gasteiger partial charge in [-0.25, -0.2) is 0 Å². The number of esters is 1. The fraction of sp³-hybridized carbons (Fsp3) is 0.708. The third-order valence-electron chi connectivity index (χ3n) is 9.50. The van der Waals surface area contributed by atoms with E-state index in [0.717, 1.165) is 31.3 Å². The number of fused-ring (bicyclic) bond motifs is 7. The predicted octanol–water partition coefficient (Wildman–Crippen LogP) is 4.61. The van der Waals surface area contributed by atoms with Crippen molar-refractivity contribution >= 4 is 29.1 Å². The van der Waals surface area contributed by atoms with E-state index in [1.807, 2.05) is 6.08 Å². The van der Waals surface area contributed by atoms with E-state index < -0.39 is 5.60 Å². The Bertz CT molecular complexity index is 903. The van der Waals surface area contributed by atoms with Gasteiger partial charge in [0.05, 0.1) is 0 Å². The van der Waals surface area contributed by atoms with Gasteiger partial charge in [0, 0.05) is 28.7 Å². The van der Waals surface area contributed by atoms with Crippen molar-refractivity contribution in [3.8, 4) is 0 Å². The minimum Gasteiger partial charge on any atom is -0.451 e. The quantitative estimate of drug-likeness (QED) is 0.617. The molecule has 0 unspecified atom stereocenters. The van der Waals surface area contributed by atoms with Crippen molar-refractivity contribution in [3.05, 3.63) is 22.8 Å². The second kappa shape index (κ2) is 5.84. The van der Waals surface area contributed by atoms with E-state index in [4.69, 9.17) is 16.3 Å². The zero-order valence-corrected chi connectivity index (χ0v) is 18.3. The number of rotatable bonds is 2. The highest BCUT2D eigenvalue weighted by atomic mass is 35.5. The average Bonchev–Trinajstić information content (AvgIpc) is 3.39. The molecule has 0 heterocycles. The lowest BCUT2D eigenvalue weighted by molar-refractivity contribution is -0.185. The predicted molar refractivity (Wildman–Crippen MR) is 109 cm³/mol. The molecule has 0 aromatic carbocycles. The van der Waals surface area contributed by atoms with E-state index in [0.29, 0.717) is 23.3 Å². The number of hydrogen-bond donors (Lipinski definition) is 0. The van der Waals surface area contributed by atoms with Crippen LogP contribution in [0, 0.1) is 40.4 Å². The first kappa shape index (κ1) is 19.5. The van der Waals surface area contributed by atoms with E-state index in [2.05, 4.69) is 19.9 Å². The lowest BCUT2D eigenvalue weighted by atomic mass is 9.47. The largest absolute Gasteiger partial charge is 0.451 e. The van der Waals surface area contributed by atoms with Crippen molar-refractivity contribution in [2.45, 2.75) is 65.4 Å². The summed E-state index contributed by atoms with van der Waals surface area (Å²) >= 11 is 6.79. The average molecular weight is 417 g/mol. The summed E-state index contributed by atoms with van der Waals surface area (Å²) in [7, 11) is 0. The highest BCUT2D eigenvalue weighted by molar-refractivity contribution is 6.32. The summed E-state index contributed by atoms with van der Waals surface area (Å²) in [6, 6.07) is 0. The molecule has 8 atom stereocenters. The molecule has 0 aromatic heterocycles. The third kappa shape index (κ3) is 2.24. The van der Waals surface area contributed by atoms with E-state index in [-0.39, 0.29) is 46.1 Å². The topological polar surface area (TPSA) is 60.4 Å². The zero-order chi connectivity index (χ0) is 20.9. The fourth-order valence-electron chi connectivity index (χ4n) is 8.03. The Balaban J connectivity index is 1.60. The van der Waals surface area contributed by atoms with Gasteiger partial charge in [-0.05, 0) is 74.3 Å². The SMILES string of the molecule is CC(=O)O[C@]1(C(C)=O)CC[C@@H]2[C@@H]3C=C(Cl)C4=CC(=O)[C@@H]5C[C@@H]5[C@@]4(C)[C@@H]3CC[C@@]21C. The number of ether oxygens (including phenoxy) is 1. The van der Waals surface area contributed by atoms with Crippen LogP contribution in [0.3, 0.4) is 0 Å². The van der Waals surface area contributed by atoms with Gasteiger partial charge in [0.2, 0.25) is 0 Å². The molecule has 5 heteroatoms. The van der Waals surface area contributed by atoms with Crippen molar-refractivity contribution in [1.29, 1.82) is 0 Å². The van der Waals surface area contributed by atoms with Gasteiger partial charge in [0.15, 0.2) is 17.2 Å². The van der Waals surface area contributed by atoms with Crippen LogP contribution in [-0.4, -0.2) is 23.1 Å². The van der Waals surface area contributed by atoms with Gasteiger partial charge < -0.3 is 4.74 Å². The van der Waals surface area contributed by atoms with Crippen LogP contribution in [0.15, 0.2) is 22.8 Å². The van der Waals surface area contributed by atoms with E-state index in [9.17, 15) is 14.4 Å². The minimum absolute atomic E-state index is 0.0423. The van der Waals surface area contributed by atoms with Crippen LogP contribution in [0.5, 0.6) is 0 Å². The lowest BCUT2D eigenvalue weighted by Gasteiger charge is -2.57. The van der Waals surface area contributed by atoms with Crippen LogP contribution in [0.1, 0.15) is 59.8 Å². The molecule has 0 spiro atoms. The molecular weight excluding hydrogens is 388 g/mol. The maximum atomic E-state index is 12.8. The lowest BCUT2D eigenvalue weighted by Crippen LogP contribution is -2.58. The molecule has 156 valence electrons. The monoisotopic (exact) mass is 416 g/mol. The number of carbonyl (C=O) groups excluding carboxylic acids is 3. The van der Waals surface area contributed by atoms with Gasteiger partial charge >= 0.3 is 5.97 Å². The normalized spacial score (nSPS) is 49.7. The molecule has 5 aliphatic rings. The first-order valence-corrected chi connectivity index (χ1v) is 11.3. The molecule has 0 aromatic rings. The summed E-state index contributed by atoms with van der Waals surface area (Å²) in [4.78, 5) is 37.1. The van der Waals surface area contributed by atoms with Crippen LogP contribution < -0.4 is 0 Å². The molecular formula is C24H29ClO4. The third-order valence-corrected chi connectivity index (χ3v) is 9.83. The number of allylic oxidation sites excluding steroid dienone is 4. The molecule has 3 fully saturated rings. The second-order valence-corrected chi connectivity index (χ2v) is 10.9. The fourth-order valence-corrected chi connectivity index (χ4v) is 8.43. The zero-order valence-electron chi connectivity index (χ0n) is 17.6. The summed E-state index contributed by atoms with van der Waals surface area (Å²) in [6.45, 7) is 7.42. The molecule has 0 N–H and O–H groups in total. The van der Waals surface area contributed by atoms with Crippen molar-refractivity contribution < 1.29 is 19.1 Å². The van der Waals surface area contributed by atoms with Crippen molar-refractivity contribution in [2.75, 3.05) is 0 Å². The molecule has 5 aliphatic carbocycles. The van der Waals surface area contributed by atoms with Gasteiger partial charge in [-0.15, -0.1) is 0 Å². The summed E-state index contributed by atoms with van der Waals surface area (Å²) in [5.74, 6) is 1.27. The van der Waals surface area contributed by atoms with Crippen molar-refractivity contribution in [2.24, 2.45) is 40.4 Å². The standard InChI is InChI=1S/C24H29ClO4/c1-12(26)24(29-13(2)27)8-6-16-14-10-20(25)19-11-21(28)15-9-18(15)23(19,4)17(14)5-7-22(16,24)3/h10-11,14-18H,5-9H2,1-4H3/t14-,15+,16+,17+,18-,22-,23+,24-/m0/s1. The van der Waals surface area contributed by atoms with Gasteiger partial charge in [0.25, 0.3) is 0 Å². The van der Waals surface area contributed by atoms with Crippen molar-refractivity contribution in [3.63, 3.8) is 0 Å². The van der Waals surface area contributed by atoms with Gasteiger partial charge in [-0.1, -0.05) is 31.5 Å². The summed E-state index contributed by atoms with van der Waals surface area (Å²) in [6.07, 6.45) is 8.18. The maximum Gasteiger partial charge on any atom is 0.303 e. The summed E-state index contributed by atoms with van der Waals surface area (Å²) in [5, 5.41) is 0.713. The molecule has 0 bridgehead atoms. The minimum atomic E-state index is -1.03. The first-order chi connectivity index (χ1) is 13.6. The number of Topliss-reactive ketones (excluding diaryl/α,β-unsaturated/α-hetero) is 1. The van der Waals surface area contributed by atoms with Crippen LogP contribution in [0.4, 0.5) is 0 Å². The summed E-state index contributed by atoms with van der Waals surface area (Å²) < 4.78 is 5.82. The van der Waals surface area contributed by atoms with Crippen LogP contribution >= 0.6 is 11.6 Å². The Morgan fingerprint density at radius 2 is 1.79 bits per heavy atom. The molecule has 29 heavy (non-hydrogen) atoms. The Morgan fingerprint density at radius 1 is 1.10 bits per heavy atom. The molecule has 0 aliphatic heterocycles. The van der Waals surface area contributed by atoms with Crippen LogP contribution in [-0.2, 0) is 19.1 Å². The Hall–Kier alpha value is -1.42. The summed E-state index contributed by atoms with van der Waals surface area (Å²) in [5.41, 5.74) is -0.455. The smallest absolute Gasteiger partial charge is 0.303 e. The highest BCUT2D eigenvalue weighted by Gasteiger charge is 2.70. The highest BCUT2D eigenvalue weighted by Crippen LogP contribution is 2.72. The molecule has 0 radical (unpaired) electrons. The van der Waals surface area contributed by atoms with E-state index >= 15 is 0 Å². The molecule has 3 saturated carbocycles. The molecule has 0 saturated heterocycles. The van der Waals surface area contributed by atoms with Crippen LogP contribution in [0.25, 0.3) is 0 Å². The second-order valence-electron chi connectivity index (χ2n) is 10.5. The number of carbonyl (C=O) groups is 3. The molecule has 5 rings (SSSR count). The van der Waals surface area contributed by atoms with Crippen LogP contribution in [0.2, 0.25) is 0 Å². The number of hydrogen-bond acceptors (Lipinski definition) is 4. The Kier molecular flexibility index (Phi) is 3.93. The maximum absolute atomic E-state index is 12.8. The van der Waals surface area contributed by atoms with Gasteiger partial charge in [0.1, 0.15) is 0 Å². The van der Waals surface area contributed by atoms with Gasteiger partial charge in [-0.3, -0.25) is 14.4 Å². The van der Waals surface area contributed by atoms with Crippen molar-refractivity contribution in [1.82, 2.24) is 0 Å². The van der Waals surface area contributed by atoms with Gasteiger partial charge in [-0.2, -0.15) is 0 Å². The number of halogens is 1.